The molecule has 104 valence electrons. The van der Waals surface area contributed by atoms with E-state index in [4.69, 9.17) is 0 Å². The Bertz CT molecular complexity index is 601. The number of aromatic nitrogens is 1. The number of carbonyl (C=O) groups excluding carboxylic acids is 1. The molecule has 2 rings (SSSR count). The maximum absolute atomic E-state index is 13.6. The molecule has 1 unspecified atom stereocenters. The van der Waals surface area contributed by atoms with Gasteiger partial charge in [-0.25, -0.2) is 4.39 Å². The molecule has 0 aliphatic carbocycles. The van der Waals surface area contributed by atoms with Gasteiger partial charge in [0, 0.05) is 19.4 Å². The van der Waals surface area contributed by atoms with Gasteiger partial charge in [0.2, 0.25) is 0 Å². The van der Waals surface area contributed by atoms with Crippen LogP contribution in [0.4, 0.5) is 10.1 Å². The van der Waals surface area contributed by atoms with Crippen molar-refractivity contribution in [1.82, 2.24) is 10.3 Å². The van der Waals surface area contributed by atoms with Crippen LogP contribution in [-0.2, 0) is 0 Å². The Hall–Kier alpha value is -2.43. The molecule has 0 bridgehead atoms. The van der Waals surface area contributed by atoms with Crippen molar-refractivity contribution in [3.8, 4) is 0 Å². The van der Waals surface area contributed by atoms with Gasteiger partial charge in [-0.2, -0.15) is 0 Å². The fourth-order valence-electron chi connectivity index (χ4n) is 1.96. The molecule has 0 saturated heterocycles. The van der Waals surface area contributed by atoms with Gasteiger partial charge in [0.15, 0.2) is 0 Å². The zero-order valence-electron chi connectivity index (χ0n) is 11.4. The van der Waals surface area contributed by atoms with Crippen LogP contribution in [0.15, 0.2) is 42.7 Å². The molecular weight excluding hydrogens is 257 g/mol. The molecule has 20 heavy (non-hydrogen) atoms. The number of anilines is 1. The summed E-state index contributed by atoms with van der Waals surface area (Å²) in [5.41, 5.74) is 1.37. The summed E-state index contributed by atoms with van der Waals surface area (Å²) < 4.78 is 13.6. The molecule has 0 saturated carbocycles. The predicted molar refractivity (Wildman–Crippen MR) is 76.1 cm³/mol. The van der Waals surface area contributed by atoms with Crippen LogP contribution < -0.4 is 10.6 Å². The van der Waals surface area contributed by atoms with Gasteiger partial charge in [0.25, 0.3) is 5.91 Å². The summed E-state index contributed by atoms with van der Waals surface area (Å²) in [4.78, 5) is 16.2. The zero-order valence-corrected chi connectivity index (χ0v) is 11.4. The van der Waals surface area contributed by atoms with E-state index in [0.717, 1.165) is 5.56 Å². The third-order valence-corrected chi connectivity index (χ3v) is 3.04. The van der Waals surface area contributed by atoms with E-state index >= 15 is 0 Å². The Morgan fingerprint density at radius 3 is 2.75 bits per heavy atom. The fraction of sp³-hybridized carbons (Fsp3) is 0.200. The first-order chi connectivity index (χ1) is 9.63. The van der Waals surface area contributed by atoms with Crippen molar-refractivity contribution >= 4 is 11.6 Å². The smallest absolute Gasteiger partial charge is 0.253 e. The Morgan fingerprint density at radius 2 is 2.10 bits per heavy atom. The average molecular weight is 273 g/mol. The van der Waals surface area contributed by atoms with Crippen LogP contribution in [-0.4, -0.2) is 17.9 Å². The highest BCUT2D eigenvalue weighted by molar-refractivity contribution is 5.99. The molecule has 4 nitrogen and oxygen atoms in total. The minimum Gasteiger partial charge on any atom is -0.385 e. The van der Waals surface area contributed by atoms with E-state index in [-0.39, 0.29) is 23.2 Å². The highest BCUT2D eigenvalue weighted by Crippen LogP contribution is 2.20. The van der Waals surface area contributed by atoms with Crippen LogP contribution in [0.1, 0.15) is 28.9 Å². The third kappa shape index (κ3) is 2.93. The molecule has 0 aliphatic rings. The van der Waals surface area contributed by atoms with Crippen LogP contribution in [0, 0.1) is 5.82 Å². The van der Waals surface area contributed by atoms with Gasteiger partial charge in [-0.1, -0.05) is 12.1 Å². The Balaban J connectivity index is 2.19. The number of nitrogens with zero attached hydrogens (tertiary/aromatic N) is 1. The minimum absolute atomic E-state index is 0.198. The van der Waals surface area contributed by atoms with Crippen molar-refractivity contribution < 1.29 is 9.18 Å². The van der Waals surface area contributed by atoms with Crippen molar-refractivity contribution in [2.24, 2.45) is 0 Å². The highest BCUT2D eigenvalue weighted by atomic mass is 19.1. The van der Waals surface area contributed by atoms with Crippen LogP contribution in [0.2, 0.25) is 0 Å². The molecule has 0 aliphatic heterocycles. The van der Waals surface area contributed by atoms with Crippen molar-refractivity contribution in [2.75, 3.05) is 12.4 Å². The minimum atomic E-state index is -0.450. The van der Waals surface area contributed by atoms with Crippen LogP contribution in [0.5, 0.6) is 0 Å². The van der Waals surface area contributed by atoms with Gasteiger partial charge in [-0.05, 0) is 30.7 Å². The third-order valence-electron chi connectivity index (χ3n) is 3.04. The monoisotopic (exact) mass is 273 g/mol. The number of para-hydroxylation sites is 1. The lowest BCUT2D eigenvalue weighted by Crippen LogP contribution is -2.27. The summed E-state index contributed by atoms with van der Waals surface area (Å²) in [6.07, 6.45) is 3.36. The summed E-state index contributed by atoms with van der Waals surface area (Å²) in [6, 6.07) is 7.89. The van der Waals surface area contributed by atoms with Gasteiger partial charge >= 0.3 is 0 Å². The predicted octanol–water partition coefficient (Wildman–Crippen LogP) is 2.75. The van der Waals surface area contributed by atoms with Gasteiger partial charge in [-0.15, -0.1) is 0 Å². The summed E-state index contributed by atoms with van der Waals surface area (Å²) in [5, 5.41) is 5.54. The van der Waals surface area contributed by atoms with Crippen LogP contribution in [0.3, 0.4) is 0 Å². The Labute approximate surface area is 117 Å². The second-order valence-electron chi connectivity index (χ2n) is 4.39. The van der Waals surface area contributed by atoms with E-state index in [0.29, 0.717) is 0 Å². The Kier molecular flexibility index (Phi) is 4.30. The number of amides is 1. The molecule has 2 N–H and O–H groups in total. The second kappa shape index (κ2) is 6.14. The topological polar surface area (TPSA) is 54.0 Å². The summed E-state index contributed by atoms with van der Waals surface area (Å²) in [7, 11) is 1.58. The number of hydrogen-bond acceptors (Lipinski definition) is 3. The second-order valence-corrected chi connectivity index (χ2v) is 4.39. The van der Waals surface area contributed by atoms with Crippen LogP contribution in [0.25, 0.3) is 0 Å². The summed E-state index contributed by atoms with van der Waals surface area (Å²) in [5.74, 6) is -0.778. The lowest BCUT2D eigenvalue weighted by molar-refractivity contribution is 0.0940. The maximum Gasteiger partial charge on any atom is 0.253 e. The van der Waals surface area contributed by atoms with E-state index in [1.165, 1.54) is 12.1 Å². The van der Waals surface area contributed by atoms with Gasteiger partial charge in [-0.3, -0.25) is 9.78 Å². The molecule has 1 aromatic carbocycles. The normalized spacial score (nSPS) is 11.8. The first-order valence-corrected chi connectivity index (χ1v) is 6.30. The Morgan fingerprint density at radius 1 is 1.30 bits per heavy atom. The number of benzene rings is 1. The average Bonchev–Trinajstić information content (AvgIpc) is 2.47. The quantitative estimate of drug-likeness (QED) is 0.900. The summed E-state index contributed by atoms with van der Waals surface area (Å²) in [6.45, 7) is 1.85. The number of rotatable bonds is 4. The van der Waals surface area contributed by atoms with Gasteiger partial charge in [0.05, 0.1) is 17.3 Å². The lowest BCUT2D eigenvalue weighted by atomic mass is 10.1. The molecule has 1 atom stereocenters. The van der Waals surface area contributed by atoms with Crippen LogP contribution >= 0.6 is 0 Å². The molecule has 1 aromatic heterocycles. The highest BCUT2D eigenvalue weighted by Gasteiger charge is 2.16. The molecule has 1 heterocycles. The number of carbonyl (C=O) groups is 1. The first kappa shape index (κ1) is 14.0. The van der Waals surface area contributed by atoms with E-state index < -0.39 is 5.82 Å². The molecule has 2 aromatic rings. The number of pyridine rings is 1. The van der Waals surface area contributed by atoms with Crippen molar-refractivity contribution in [3.63, 3.8) is 0 Å². The SMILES string of the molecule is CNc1c(F)cccc1C(=O)NC(C)c1cccnc1. The zero-order chi connectivity index (χ0) is 14.5. The molecular formula is C15H16FN3O. The maximum atomic E-state index is 13.6. The van der Waals surface area contributed by atoms with Gasteiger partial charge < -0.3 is 10.6 Å². The van der Waals surface area contributed by atoms with Crippen molar-refractivity contribution in [1.29, 1.82) is 0 Å². The number of hydrogen-bond donors (Lipinski definition) is 2. The van der Waals surface area contributed by atoms with Crippen molar-refractivity contribution in [3.05, 3.63) is 59.7 Å². The number of halogens is 1. The lowest BCUT2D eigenvalue weighted by Gasteiger charge is -2.16. The van der Waals surface area contributed by atoms with E-state index in [2.05, 4.69) is 15.6 Å². The molecule has 1 amide bonds. The first-order valence-electron chi connectivity index (χ1n) is 6.30. The molecule has 0 spiro atoms. The number of nitrogens with one attached hydrogen (secondary N) is 2. The molecule has 0 fully saturated rings. The molecule has 0 radical (unpaired) electrons. The molecule has 5 heteroatoms. The van der Waals surface area contributed by atoms with Crippen molar-refractivity contribution in [2.45, 2.75) is 13.0 Å². The van der Waals surface area contributed by atoms with E-state index in [1.807, 2.05) is 13.0 Å². The van der Waals surface area contributed by atoms with E-state index in [9.17, 15) is 9.18 Å². The largest absolute Gasteiger partial charge is 0.385 e. The van der Waals surface area contributed by atoms with E-state index in [1.54, 1.807) is 31.6 Å². The standard InChI is InChI=1S/C15H16FN3O/c1-10(11-5-4-8-18-9-11)19-15(20)12-6-3-7-13(16)14(12)17-2/h3-10,17H,1-2H3,(H,19,20). The summed E-state index contributed by atoms with van der Waals surface area (Å²) >= 11 is 0. The van der Waals surface area contributed by atoms with Gasteiger partial charge in [0.1, 0.15) is 5.82 Å². The fourth-order valence-corrected chi connectivity index (χ4v) is 1.96.